The van der Waals surface area contributed by atoms with E-state index in [4.69, 9.17) is 0 Å². The molecule has 0 aliphatic carbocycles. The number of pyridine rings is 1. The van der Waals surface area contributed by atoms with E-state index >= 15 is 0 Å². The number of hydrogen-bond donors (Lipinski definition) is 1. The van der Waals surface area contributed by atoms with Crippen molar-refractivity contribution in [1.29, 1.82) is 0 Å². The van der Waals surface area contributed by atoms with Gasteiger partial charge in [0.2, 0.25) is 0 Å². The molecule has 6 heteroatoms. The summed E-state index contributed by atoms with van der Waals surface area (Å²) in [7, 11) is 0. The van der Waals surface area contributed by atoms with Crippen LogP contribution in [-0.4, -0.2) is 19.9 Å². The zero-order valence-corrected chi connectivity index (χ0v) is 11.7. The summed E-state index contributed by atoms with van der Waals surface area (Å²) in [5, 5.41) is 1.05. The summed E-state index contributed by atoms with van der Waals surface area (Å²) in [6.07, 6.45) is 1.75. The Balaban J connectivity index is 2.21. The minimum atomic E-state index is 0.730. The highest BCUT2D eigenvalue weighted by atomic mass is 79.9. The molecule has 0 bridgehead atoms. The maximum atomic E-state index is 4.48. The molecule has 4 nitrogen and oxygen atoms in total. The topological polar surface area (TPSA) is 54.5 Å². The van der Waals surface area contributed by atoms with Gasteiger partial charge in [0.25, 0.3) is 0 Å². The molecule has 0 atom stereocenters. The number of hydrogen-bond acceptors (Lipinski definition) is 4. The first-order valence-corrected chi connectivity index (χ1v) is 6.70. The first kappa shape index (κ1) is 10.9. The Morgan fingerprint density at radius 1 is 1.29 bits per heavy atom. The molecule has 0 aromatic carbocycles. The van der Waals surface area contributed by atoms with E-state index in [1.54, 1.807) is 17.5 Å². The molecule has 0 radical (unpaired) electrons. The van der Waals surface area contributed by atoms with E-state index in [0.717, 1.165) is 37.0 Å². The van der Waals surface area contributed by atoms with E-state index in [-0.39, 0.29) is 0 Å². The van der Waals surface area contributed by atoms with Gasteiger partial charge in [-0.05, 0) is 35.8 Å². The summed E-state index contributed by atoms with van der Waals surface area (Å²) in [5.74, 6) is 0.841. The molecular weight excluding hydrogens is 300 g/mol. The third kappa shape index (κ3) is 1.87. The average Bonchev–Trinajstić information content (AvgIpc) is 2.80. The Bertz CT molecular complexity index is 701. The lowest BCUT2D eigenvalue weighted by molar-refractivity contribution is 1.19. The molecule has 0 saturated carbocycles. The highest BCUT2D eigenvalue weighted by Gasteiger charge is 2.12. The molecule has 0 fully saturated rings. The van der Waals surface area contributed by atoms with Crippen molar-refractivity contribution in [3.05, 3.63) is 27.4 Å². The van der Waals surface area contributed by atoms with Crippen molar-refractivity contribution in [3.63, 3.8) is 0 Å². The highest BCUT2D eigenvalue weighted by Crippen LogP contribution is 2.29. The minimum absolute atomic E-state index is 0.730. The smallest absolute Gasteiger partial charge is 0.178 e. The van der Waals surface area contributed by atoms with Gasteiger partial charge < -0.3 is 4.98 Å². The van der Waals surface area contributed by atoms with Gasteiger partial charge in [-0.25, -0.2) is 15.0 Å². The lowest BCUT2D eigenvalue weighted by atomic mass is 10.4. The van der Waals surface area contributed by atoms with Gasteiger partial charge in [-0.15, -0.1) is 11.3 Å². The Morgan fingerprint density at radius 2 is 2.12 bits per heavy atom. The van der Waals surface area contributed by atoms with Gasteiger partial charge in [-0.2, -0.15) is 0 Å². The molecular formula is C11H9BrN4S. The summed E-state index contributed by atoms with van der Waals surface area (Å²) in [6, 6.07) is 1.97. The first-order valence-electron chi connectivity index (χ1n) is 5.09. The number of H-pyrrole nitrogens is 1. The predicted octanol–water partition coefficient (Wildman–Crippen LogP) is 3.46. The van der Waals surface area contributed by atoms with Crippen molar-refractivity contribution in [3.8, 4) is 10.7 Å². The number of aryl methyl sites for hydroxylation is 2. The molecule has 0 amide bonds. The second-order valence-corrected chi connectivity index (χ2v) is 5.88. The minimum Gasteiger partial charge on any atom is -0.336 e. The van der Waals surface area contributed by atoms with Crippen LogP contribution in [0.1, 0.15) is 10.7 Å². The molecule has 3 aromatic heterocycles. The maximum Gasteiger partial charge on any atom is 0.178 e. The SMILES string of the molecule is Cc1nc(C)c(-c2nc3ncc(Br)cc3[nH]2)s1. The standard InChI is InChI=1S/C11H9BrN4S/c1-5-9(17-6(2)14-5)11-15-8-3-7(12)4-13-10(8)16-11/h3-4H,1-2H3,(H,13,15,16). The first-order chi connectivity index (χ1) is 8.13. The molecule has 0 aliphatic rings. The van der Waals surface area contributed by atoms with Crippen LogP contribution in [-0.2, 0) is 0 Å². The maximum absolute atomic E-state index is 4.48. The van der Waals surface area contributed by atoms with Crippen LogP contribution in [0.25, 0.3) is 21.9 Å². The van der Waals surface area contributed by atoms with Gasteiger partial charge in [0.05, 0.1) is 21.1 Å². The van der Waals surface area contributed by atoms with Gasteiger partial charge in [-0.3, -0.25) is 0 Å². The summed E-state index contributed by atoms with van der Waals surface area (Å²) >= 11 is 5.04. The predicted molar refractivity (Wildman–Crippen MR) is 72.2 cm³/mol. The van der Waals surface area contributed by atoms with Crippen LogP contribution in [0.5, 0.6) is 0 Å². The number of imidazole rings is 1. The fraction of sp³-hybridized carbons (Fsp3) is 0.182. The van der Waals surface area contributed by atoms with Gasteiger partial charge >= 0.3 is 0 Å². The van der Waals surface area contributed by atoms with Crippen LogP contribution in [0.2, 0.25) is 0 Å². The number of aromatic nitrogens is 4. The van der Waals surface area contributed by atoms with Crippen molar-refractivity contribution in [1.82, 2.24) is 19.9 Å². The third-order valence-corrected chi connectivity index (χ3v) is 3.94. The van der Waals surface area contributed by atoms with Crippen LogP contribution in [0.4, 0.5) is 0 Å². The van der Waals surface area contributed by atoms with Crippen molar-refractivity contribution in [2.24, 2.45) is 0 Å². The van der Waals surface area contributed by atoms with Crippen molar-refractivity contribution < 1.29 is 0 Å². The monoisotopic (exact) mass is 308 g/mol. The highest BCUT2D eigenvalue weighted by molar-refractivity contribution is 9.10. The lowest BCUT2D eigenvalue weighted by Gasteiger charge is -1.90. The van der Waals surface area contributed by atoms with Crippen LogP contribution in [0.3, 0.4) is 0 Å². The normalized spacial score (nSPS) is 11.2. The van der Waals surface area contributed by atoms with Gasteiger partial charge in [0.15, 0.2) is 11.5 Å². The van der Waals surface area contributed by atoms with Crippen molar-refractivity contribution in [2.75, 3.05) is 0 Å². The lowest BCUT2D eigenvalue weighted by Crippen LogP contribution is -1.79. The third-order valence-electron chi connectivity index (χ3n) is 2.42. The Labute approximate surface area is 110 Å². The number of aromatic amines is 1. The number of halogens is 1. The van der Waals surface area contributed by atoms with Gasteiger partial charge in [-0.1, -0.05) is 0 Å². The molecule has 17 heavy (non-hydrogen) atoms. The van der Waals surface area contributed by atoms with E-state index in [1.807, 2.05) is 19.9 Å². The Kier molecular flexibility index (Phi) is 2.48. The number of nitrogens with one attached hydrogen (secondary N) is 1. The average molecular weight is 309 g/mol. The fourth-order valence-electron chi connectivity index (χ4n) is 1.73. The van der Waals surface area contributed by atoms with E-state index in [1.165, 1.54) is 0 Å². The van der Waals surface area contributed by atoms with E-state index in [2.05, 4.69) is 35.9 Å². The second-order valence-electron chi connectivity index (χ2n) is 3.76. The van der Waals surface area contributed by atoms with Gasteiger partial charge in [0.1, 0.15) is 0 Å². The van der Waals surface area contributed by atoms with Crippen molar-refractivity contribution in [2.45, 2.75) is 13.8 Å². The number of nitrogens with zero attached hydrogens (tertiary/aromatic N) is 3. The molecule has 0 unspecified atom stereocenters. The molecule has 3 heterocycles. The Hall–Kier alpha value is -1.27. The summed E-state index contributed by atoms with van der Waals surface area (Å²) in [6.45, 7) is 3.99. The van der Waals surface area contributed by atoms with Gasteiger partial charge in [0, 0.05) is 10.7 Å². The quantitative estimate of drug-likeness (QED) is 0.749. The second kappa shape index (κ2) is 3.89. The molecule has 0 aliphatic heterocycles. The van der Waals surface area contributed by atoms with Crippen LogP contribution < -0.4 is 0 Å². The molecule has 3 aromatic rings. The molecule has 3 rings (SSSR count). The molecule has 1 N–H and O–H groups in total. The summed E-state index contributed by atoms with van der Waals surface area (Å²) < 4.78 is 0.942. The Morgan fingerprint density at radius 3 is 2.82 bits per heavy atom. The molecule has 86 valence electrons. The summed E-state index contributed by atoms with van der Waals surface area (Å²) in [4.78, 5) is 17.5. The largest absolute Gasteiger partial charge is 0.336 e. The zero-order valence-electron chi connectivity index (χ0n) is 9.28. The number of thiazole rings is 1. The fourth-order valence-corrected chi connectivity index (χ4v) is 2.93. The summed E-state index contributed by atoms with van der Waals surface area (Å²) in [5.41, 5.74) is 2.67. The zero-order chi connectivity index (χ0) is 12.0. The van der Waals surface area contributed by atoms with Crippen LogP contribution in [0, 0.1) is 13.8 Å². The molecule has 0 spiro atoms. The van der Waals surface area contributed by atoms with E-state index < -0.39 is 0 Å². The van der Waals surface area contributed by atoms with Crippen LogP contribution >= 0.6 is 27.3 Å². The number of rotatable bonds is 1. The number of fused-ring (bicyclic) bond motifs is 1. The van der Waals surface area contributed by atoms with E-state index in [0.29, 0.717) is 0 Å². The van der Waals surface area contributed by atoms with E-state index in [9.17, 15) is 0 Å². The van der Waals surface area contributed by atoms with Crippen LogP contribution in [0.15, 0.2) is 16.7 Å². The van der Waals surface area contributed by atoms with Crippen molar-refractivity contribution >= 4 is 38.4 Å². The molecule has 0 saturated heterocycles.